The number of ether oxygens (including phenoxy) is 2. The van der Waals surface area contributed by atoms with Crippen molar-refractivity contribution >= 4 is 5.69 Å². The van der Waals surface area contributed by atoms with Gasteiger partial charge in [0.1, 0.15) is 18.0 Å². The first kappa shape index (κ1) is 13.8. The van der Waals surface area contributed by atoms with E-state index in [1.165, 1.54) is 6.07 Å². The van der Waals surface area contributed by atoms with E-state index in [2.05, 4.69) is 0 Å². The summed E-state index contributed by atoms with van der Waals surface area (Å²) in [4.78, 5) is 10.5. The molecule has 1 aliphatic rings. The summed E-state index contributed by atoms with van der Waals surface area (Å²) in [6.07, 6.45) is 0.437. The third-order valence-corrected chi connectivity index (χ3v) is 3.38. The van der Waals surface area contributed by atoms with Gasteiger partial charge in [0.2, 0.25) is 0 Å². The molecule has 0 aromatic heterocycles. The van der Waals surface area contributed by atoms with E-state index in [0.717, 1.165) is 0 Å². The average Bonchev–Trinajstić information content (AvgIpc) is 2.37. The molecule has 1 saturated carbocycles. The van der Waals surface area contributed by atoms with Crippen LogP contribution in [-0.4, -0.2) is 29.8 Å². The number of benzene rings is 1. The topological polar surface area (TPSA) is 87.6 Å². The lowest BCUT2D eigenvalue weighted by Crippen LogP contribution is -2.59. The van der Waals surface area contributed by atoms with Crippen molar-refractivity contribution in [1.82, 2.24) is 0 Å². The largest absolute Gasteiger partial charge is 0.487 e. The molecule has 0 amide bonds. The average molecular weight is 266 g/mol. The highest BCUT2D eigenvalue weighted by Gasteiger charge is 2.41. The minimum atomic E-state index is -0.408. The van der Waals surface area contributed by atoms with Crippen molar-refractivity contribution in [3.8, 4) is 5.75 Å². The van der Waals surface area contributed by atoms with Crippen molar-refractivity contribution in [3.63, 3.8) is 0 Å². The molecule has 2 N–H and O–H groups in total. The lowest BCUT2D eigenvalue weighted by molar-refractivity contribution is -0.385. The minimum absolute atomic E-state index is 0.0241. The predicted octanol–water partition coefficient (Wildman–Crippen LogP) is 1.79. The Hall–Kier alpha value is -1.66. The van der Waals surface area contributed by atoms with Gasteiger partial charge in [0.25, 0.3) is 5.69 Å². The maximum atomic E-state index is 10.9. The molecule has 2 rings (SSSR count). The zero-order chi connectivity index (χ0) is 14.0. The SMILES string of the molecule is CCOC1C(N)CC1Oc1cccc([N+](=O)[O-])c1C. The molecule has 0 bridgehead atoms. The summed E-state index contributed by atoms with van der Waals surface area (Å²) in [7, 11) is 0. The second-order valence-electron chi connectivity index (χ2n) is 4.63. The molecular formula is C13H18N2O4. The smallest absolute Gasteiger partial charge is 0.276 e. The van der Waals surface area contributed by atoms with E-state index >= 15 is 0 Å². The van der Waals surface area contributed by atoms with Crippen molar-refractivity contribution in [3.05, 3.63) is 33.9 Å². The molecule has 1 fully saturated rings. The second kappa shape index (κ2) is 5.54. The zero-order valence-electron chi connectivity index (χ0n) is 11.0. The molecule has 3 unspecified atom stereocenters. The Morgan fingerprint density at radius 2 is 2.26 bits per heavy atom. The molecule has 19 heavy (non-hydrogen) atoms. The summed E-state index contributed by atoms with van der Waals surface area (Å²) in [6.45, 7) is 4.16. The van der Waals surface area contributed by atoms with Crippen molar-refractivity contribution < 1.29 is 14.4 Å². The minimum Gasteiger partial charge on any atom is -0.487 e. The normalized spacial score (nSPS) is 25.7. The highest BCUT2D eigenvalue weighted by Crippen LogP contribution is 2.32. The van der Waals surface area contributed by atoms with Crippen molar-refractivity contribution in [2.24, 2.45) is 5.73 Å². The second-order valence-corrected chi connectivity index (χ2v) is 4.63. The fourth-order valence-electron chi connectivity index (χ4n) is 2.25. The van der Waals surface area contributed by atoms with Gasteiger partial charge in [-0.25, -0.2) is 0 Å². The van der Waals surface area contributed by atoms with Gasteiger partial charge >= 0.3 is 0 Å². The summed E-state index contributed by atoms with van der Waals surface area (Å²) in [5, 5.41) is 10.9. The molecule has 0 heterocycles. The molecule has 1 aromatic carbocycles. The van der Waals surface area contributed by atoms with Gasteiger partial charge in [-0.15, -0.1) is 0 Å². The van der Waals surface area contributed by atoms with Gasteiger partial charge in [-0.3, -0.25) is 10.1 Å². The summed E-state index contributed by atoms with van der Waals surface area (Å²) in [5.74, 6) is 0.524. The number of nitrogens with zero attached hydrogens (tertiary/aromatic N) is 1. The van der Waals surface area contributed by atoms with Crippen LogP contribution < -0.4 is 10.5 Å². The fraction of sp³-hybridized carbons (Fsp3) is 0.538. The van der Waals surface area contributed by atoms with Crippen LogP contribution in [0, 0.1) is 17.0 Å². The lowest BCUT2D eigenvalue weighted by Gasteiger charge is -2.41. The Morgan fingerprint density at radius 3 is 2.84 bits per heavy atom. The highest BCUT2D eigenvalue weighted by atomic mass is 16.6. The Bertz CT molecular complexity index is 478. The molecule has 6 heteroatoms. The molecular weight excluding hydrogens is 248 g/mol. The van der Waals surface area contributed by atoms with E-state index in [-0.39, 0.29) is 23.9 Å². The van der Waals surface area contributed by atoms with Gasteiger partial charge in [-0.1, -0.05) is 6.07 Å². The molecule has 1 aliphatic carbocycles. The number of nitro benzene ring substituents is 1. The summed E-state index contributed by atoms with van der Waals surface area (Å²) >= 11 is 0. The van der Waals surface area contributed by atoms with E-state index in [1.54, 1.807) is 19.1 Å². The van der Waals surface area contributed by atoms with Crippen LogP contribution in [0.1, 0.15) is 18.9 Å². The molecule has 0 aliphatic heterocycles. The van der Waals surface area contributed by atoms with Gasteiger partial charge in [-0.05, 0) is 19.9 Å². The first-order chi connectivity index (χ1) is 9.04. The highest BCUT2D eigenvalue weighted by molar-refractivity contribution is 5.48. The number of nitro groups is 1. The van der Waals surface area contributed by atoms with E-state index in [1.807, 2.05) is 6.92 Å². The zero-order valence-corrected chi connectivity index (χ0v) is 11.0. The van der Waals surface area contributed by atoms with Crippen LogP contribution in [0.25, 0.3) is 0 Å². The Labute approximate surface area is 111 Å². The van der Waals surface area contributed by atoms with Crippen LogP contribution in [0.3, 0.4) is 0 Å². The summed E-state index contributed by atoms with van der Waals surface area (Å²) < 4.78 is 11.3. The number of hydrogen-bond acceptors (Lipinski definition) is 5. The first-order valence-corrected chi connectivity index (χ1v) is 6.32. The maximum absolute atomic E-state index is 10.9. The number of nitrogens with two attached hydrogens (primary N) is 1. The van der Waals surface area contributed by atoms with Crippen LogP contribution >= 0.6 is 0 Å². The summed E-state index contributed by atoms with van der Waals surface area (Å²) in [5.41, 5.74) is 6.45. The molecule has 6 nitrogen and oxygen atoms in total. The standard InChI is InChI=1S/C13H18N2O4/c1-3-18-13-9(14)7-12(13)19-11-6-4-5-10(8(11)2)15(16)17/h4-6,9,12-13H,3,7,14H2,1-2H3. The summed E-state index contributed by atoms with van der Waals surface area (Å²) in [6, 6.07) is 4.79. The molecule has 0 saturated heterocycles. The quantitative estimate of drug-likeness (QED) is 0.648. The third kappa shape index (κ3) is 2.69. The first-order valence-electron chi connectivity index (χ1n) is 6.32. The third-order valence-electron chi connectivity index (χ3n) is 3.38. The Balaban J connectivity index is 2.12. The van der Waals surface area contributed by atoms with Gasteiger partial charge in [0.15, 0.2) is 0 Å². The Kier molecular flexibility index (Phi) is 4.01. The van der Waals surface area contributed by atoms with Gasteiger partial charge in [-0.2, -0.15) is 0 Å². The van der Waals surface area contributed by atoms with Crippen LogP contribution in [0.4, 0.5) is 5.69 Å². The maximum Gasteiger partial charge on any atom is 0.276 e. The molecule has 1 aromatic rings. The number of hydrogen-bond donors (Lipinski definition) is 1. The molecule has 104 valence electrons. The molecule has 0 radical (unpaired) electrons. The van der Waals surface area contributed by atoms with E-state index in [9.17, 15) is 10.1 Å². The molecule has 3 atom stereocenters. The van der Waals surface area contributed by atoms with E-state index < -0.39 is 4.92 Å². The monoisotopic (exact) mass is 266 g/mol. The van der Waals surface area contributed by atoms with Gasteiger partial charge in [0.05, 0.1) is 10.5 Å². The predicted molar refractivity (Wildman–Crippen MR) is 70.3 cm³/mol. The van der Waals surface area contributed by atoms with Gasteiger partial charge < -0.3 is 15.2 Å². The fourth-order valence-corrected chi connectivity index (χ4v) is 2.25. The van der Waals surface area contributed by atoms with Gasteiger partial charge in [0, 0.05) is 25.1 Å². The molecule has 0 spiro atoms. The van der Waals surface area contributed by atoms with E-state index in [4.69, 9.17) is 15.2 Å². The van der Waals surface area contributed by atoms with E-state index in [0.29, 0.717) is 24.3 Å². The van der Waals surface area contributed by atoms with Crippen molar-refractivity contribution in [2.45, 2.75) is 38.5 Å². The van der Waals surface area contributed by atoms with Crippen LogP contribution in [-0.2, 0) is 4.74 Å². The lowest BCUT2D eigenvalue weighted by atomic mass is 9.86. The van der Waals surface area contributed by atoms with Crippen LogP contribution in [0.2, 0.25) is 0 Å². The number of rotatable bonds is 5. The van der Waals surface area contributed by atoms with Crippen molar-refractivity contribution in [2.75, 3.05) is 6.61 Å². The van der Waals surface area contributed by atoms with Crippen LogP contribution in [0.5, 0.6) is 5.75 Å². The van der Waals surface area contributed by atoms with Crippen molar-refractivity contribution in [1.29, 1.82) is 0 Å². The van der Waals surface area contributed by atoms with Crippen LogP contribution in [0.15, 0.2) is 18.2 Å². The Morgan fingerprint density at radius 1 is 1.53 bits per heavy atom.